The maximum atomic E-state index is 14.4. The minimum absolute atomic E-state index is 0.210. The van der Waals surface area contributed by atoms with Crippen LogP contribution in [0.5, 0.6) is 0 Å². The Morgan fingerprint density at radius 1 is 0.613 bits per heavy atom. The number of carbonyl (C=O) groups is 2. The molecule has 0 atom stereocenters. The van der Waals surface area contributed by atoms with Crippen LogP contribution in [0.15, 0.2) is 24.3 Å². The van der Waals surface area contributed by atoms with E-state index in [0.717, 1.165) is 69.6 Å². The van der Waals surface area contributed by atoms with Gasteiger partial charge in [-0.15, -0.1) is 0 Å². The maximum absolute atomic E-state index is 14.4. The molecule has 0 radical (unpaired) electrons. The van der Waals surface area contributed by atoms with Gasteiger partial charge in [-0.1, -0.05) is 0 Å². The van der Waals surface area contributed by atoms with Crippen LogP contribution in [-0.4, -0.2) is 22.5 Å². The zero-order valence-electron chi connectivity index (χ0n) is 20.9. The van der Waals surface area contributed by atoms with Crippen LogP contribution >= 0.6 is 0 Å². The summed E-state index contributed by atoms with van der Waals surface area (Å²) < 4.78 is 0.419. The van der Waals surface area contributed by atoms with Gasteiger partial charge >= 0.3 is 192 Å². The fourth-order valence-corrected chi connectivity index (χ4v) is 15.7. The van der Waals surface area contributed by atoms with Crippen LogP contribution in [0.1, 0.15) is 93.6 Å². The molecule has 168 valence electrons. The summed E-state index contributed by atoms with van der Waals surface area (Å²) in [6, 6.07) is 8.39. The van der Waals surface area contributed by atoms with Crippen molar-refractivity contribution in [3.8, 4) is 0 Å². The van der Waals surface area contributed by atoms with E-state index >= 15 is 0 Å². The standard InChI is InChI=1S/C28H40GeO2/c1-9-11-13-29(14-12-10-2,27(30)25-21(5)15-19(3)16-22(25)6)28(31)26-23(7)17-20(4)18-24(26)8/h15-18H,9-14H2,1-8H3. The van der Waals surface area contributed by atoms with E-state index in [9.17, 15) is 9.59 Å². The summed E-state index contributed by atoms with van der Waals surface area (Å²) in [6.45, 7) is 16.6. The Morgan fingerprint density at radius 3 is 1.16 bits per heavy atom. The average Bonchev–Trinajstić information content (AvgIpc) is 2.66. The van der Waals surface area contributed by atoms with E-state index in [0.29, 0.717) is 0 Å². The van der Waals surface area contributed by atoms with Crippen LogP contribution in [-0.2, 0) is 0 Å². The third-order valence-electron chi connectivity index (χ3n) is 6.59. The molecule has 0 aliphatic rings. The molecule has 0 bridgehead atoms. The zero-order valence-corrected chi connectivity index (χ0v) is 23.0. The van der Waals surface area contributed by atoms with Crippen molar-refractivity contribution in [1.82, 2.24) is 0 Å². The molecule has 0 heterocycles. The topological polar surface area (TPSA) is 34.1 Å². The third kappa shape index (κ3) is 5.39. The number of benzene rings is 2. The number of aryl methyl sites for hydroxylation is 6. The van der Waals surface area contributed by atoms with Crippen molar-refractivity contribution in [2.75, 3.05) is 0 Å². The van der Waals surface area contributed by atoms with Gasteiger partial charge in [-0.3, -0.25) is 0 Å². The van der Waals surface area contributed by atoms with Gasteiger partial charge in [0.05, 0.1) is 0 Å². The molecule has 0 spiro atoms. The molecule has 2 nitrogen and oxygen atoms in total. The second-order valence-electron chi connectivity index (χ2n) is 9.49. The van der Waals surface area contributed by atoms with E-state index in [4.69, 9.17) is 0 Å². The van der Waals surface area contributed by atoms with Crippen molar-refractivity contribution < 1.29 is 9.59 Å². The number of hydrogen-bond acceptors (Lipinski definition) is 2. The molecule has 0 aliphatic carbocycles. The molecule has 31 heavy (non-hydrogen) atoms. The van der Waals surface area contributed by atoms with Crippen molar-refractivity contribution in [2.45, 2.75) is 91.6 Å². The van der Waals surface area contributed by atoms with Crippen LogP contribution in [0.3, 0.4) is 0 Å². The predicted octanol–water partition coefficient (Wildman–Crippen LogP) is 7.73. The second kappa shape index (κ2) is 10.8. The van der Waals surface area contributed by atoms with Crippen LogP contribution < -0.4 is 0 Å². The van der Waals surface area contributed by atoms with E-state index in [1.54, 1.807) is 0 Å². The van der Waals surface area contributed by atoms with Gasteiger partial charge in [0.15, 0.2) is 0 Å². The molecule has 2 aromatic carbocycles. The molecular formula is C28H40GeO2. The number of hydrogen-bond donors (Lipinski definition) is 0. The monoisotopic (exact) mass is 482 g/mol. The normalized spacial score (nSPS) is 11.6. The average molecular weight is 481 g/mol. The summed E-state index contributed by atoms with van der Waals surface area (Å²) in [5.41, 5.74) is 8.09. The minimum atomic E-state index is -3.65. The molecule has 2 aromatic rings. The van der Waals surface area contributed by atoms with Crippen molar-refractivity contribution in [1.29, 1.82) is 0 Å². The predicted molar refractivity (Wildman–Crippen MR) is 135 cm³/mol. The first-order chi connectivity index (χ1) is 14.6. The van der Waals surface area contributed by atoms with E-state index < -0.39 is 13.3 Å². The van der Waals surface area contributed by atoms with E-state index in [1.165, 1.54) is 11.1 Å². The Balaban J connectivity index is 2.77. The SMILES string of the molecule is CCC[CH2][Ge]([CH2]CCC)([C](=O)c1c(C)cc(C)cc1C)[C](=O)c1c(C)cc(C)cc1C. The molecule has 0 amide bonds. The summed E-state index contributed by atoms with van der Waals surface area (Å²) >= 11 is -3.65. The summed E-state index contributed by atoms with van der Waals surface area (Å²) in [4.78, 5) is 28.8. The molecule has 3 heteroatoms. The van der Waals surface area contributed by atoms with Crippen molar-refractivity contribution in [3.63, 3.8) is 0 Å². The molecule has 0 aliphatic heterocycles. The van der Waals surface area contributed by atoms with Crippen LogP contribution in [0, 0.1) is 41.5 Å². The Labute approximate surface area is 192 Å². The summed E-state index contributed by atoms with van der Waals surface area (Å²) in [5.74, 6) is 0. The molecule has 0 N–H and O–H groups in total. The quantitative estimate of drug-likeness (QED) is 0.326. The number of carbonyl (C=O) groups excluding carboxylic acids is 2. The molecular weight excluding hydrogens is 441 g/mol. The first kappa shape index (κ1) is 25.6. The van der Waals surface area contributed by atoms with Gasteiger partial charge in [0.1, 0.15) is 0 Å². The zero-order chi connectivity index (χ0) is 23.3. The molecule has 0 saturated heterocycles. The summed E-state index contributed by atoms with van der Waals surface area (Å²) in [7, 11) is 0. The van der Waals surface area contributed by atoms with Gasteiger partial charge in [0.2, 0.25) is 0 Å². The van der Waals surface area contributed by atoms with Crippen LogP contribution in [0.25, 0.3) is 0 Å². The summed E-state index contributed by atoms with van der Waals surface area (Å²) in [6.07, 6.45) is 3.93. The number of unbranched alkanes of at least 4 members (excludes halogenated alkanes) is 2. The van der Waals surface area contributed by atoms with Gasteiger partial charge in [-0.2, -0.15) is 0 Å². The first-order valence-electron chi connectivity index (χ1n) is 11.8. The van der Waals surface area contributed by atoms with Gasteiger partial charge in [0.25, 0.3) is 0 Å². The first-order valence-corrected chi connectivity index (χ1v) is 16.9. The van der Waals surface area contributed by atoms with Gasteiger partial charge in [-0.25, -0.2) is 0 Å². The molecule has 0 saturated carbocycles. The van der Waals surface area contributed by atoms with Gasteiger partial charge in [-0.05, 0) is 0 Å². The van der Waals surface area contributed by atoms with E-state index in [1.807, 2.05) is 27.7 Å². The summed E-state index contributed by atoms with van der Waals surface area (Å²) in [5, 5.41) is 1.60. The van der Waals surface area contributed by atoms with Crippen molar-refractivity contribution >= 4 is 22.5 Å². The second-order valence-corrected chi connectivity index (χ2v) is 18.0. The Bertz CT molecular complexity index is 845. The Hall–Kier alpha value is -1.68. The Kier molecular flexibility index (Phi) is 8.88. The van der Waals surface area contributed by atoms with Crippen molar-refractivity contribution in [3.05, 3.63) is 68.8 Å². The fourth-order valence-electron chi connectivity index (χ4n) is 5.19. The molecule has 2 rings (SSSR count). The fraction of sp³-hybridized carbons (Fsp3) is 0.500. The van der Waals surface area contributed by atoms with Crippen molar-refractivity contribution in [2.24, 2.45) is 0 Å². The molecule has 0 aromatic heterocycles. The van der Waals surface area contributed by atoms with E-state index in [2.05, 4.69) is 52.0 Å². The van der Waals surface area contributed by atoms with Crippen LogP contribution in [0.2, 0.25) is 10.5 Å². The number of rotatable bonds is 10. The van der Waals surface area contributed by atoms with E-state index in [-0.39, 0.29) is 9.23 Å². The van der Waals surface area contributed by atoms with Crippen LogP contribution in [0.4, 0.5) is 0 Å². The molecule has 0 fully saturated rings. The third-order valence-corrected chi connectivity index (χ3v) is 16.4. The molecule has 0 unspecified atom stereocenters. The Morgan fingerprint density at radius 2 is 0.903 bits per heavy atom. The van der Waals surface area contributed by atoms with Gasteiger partial charge < -0.3 is 0 Å². The van der Waals surface area contributed by atoms with Gasteiger partial charge in [0, 0.05) is 0 Å².